The summed E-state index contributed by atoms with van der Waals surface area (Å²) < 4.78 is 40.7. The summed E-state index contributed by atoms with van der Waals surface area (Å²) in [5.41, 5.74) is 0.460. The van der Waals surface area contributed by atoms with Crippen LogP contribution < -0.4 is 19.7 Å². The number of carbonyl (C=O) groups excluding carboxylic acids is 3. The molecule has 0 saturated carbocycles. The highest BCUT2D eigenvalue weighted by atomic mass is 19.1. The van der Waals surface area contributed by atoms with E-state index in [-0.39, 0.29) is 67.2 Å². The van der Waals surface area contributed by atoms with Crippen molar-refractivity contribution in [2.24, 2.45) is 0 Å². The number of rotatable bonds is 6. The van der Waals surface area contributed by atoms with Gasteiger partial charge in [-0.1, -0.05) is 0 Å². The summed E-state index contributed by atoms with van der Waals surface area (Å²) in [4.78, 5) is 53.3. The number of piperidine rings is 1. The molecule has 298 valence electrons. The number of pyridine rings is 2. The Hall–Kier alpha value is -5.67. The molecule has 3 aromatic heterocycles. The molecular weight excluding hydrogens is 723 g/mol. The van der Waals surface area contributed by atoms with Crippen LogP contribution >= 0.6 is 0 Å². The summed E-state index contributed by atoms with van der Waals surface area (Å²) in [6, 6.07) is 6.84. The molecule has 56 heavy (non-hydrogen) atoms. The molecule has 3 amide bonds. The second-order valence-electron chi connectivity index (χ2n) is 16.2. The van der Waals surface area contributed by atoms with Crippen LogP contribution in [0.25, 0.3) is 21.9 Å². The third-order valence-electron chi connectivity index (χ3n) is 9.69. The van der Waals surface area contributed by atoms with Gasteiger partial charge in [-0.05, 0) is 84.9 Å². The molecule has 7 rings (SSSR count). The van der Waals surface area contributed by atoms with Crippen molar-refractivity contribution in [1.29, 1.82) is 0 Å². The van der Waals surface area contributed by atoms with Crippen LogP contribution in [0.15, 0.2) is 36.7 Å². The first-order valence-corrected chi connectivity index (χ1v) is 19.1. The van der Waals surface area contributed by atoms with Gasteiger partial charge in [0.05, 0.1) is 13.2 Å². The first kappa shape index (κ1) is 38.6. The number of benzene rings is 1. The molecule has 0 radical (unpaired) electrons. The van der Waals surface area contributed by atoms with Crippen molar-refractivity contribution < 1.29 is 37.7 Å². The number of ether oxygens (including phenoxy) is 4. The SMILES string of the molecule is CCOc1c(-c2cc3cc(Nc4cc5n(n4)CC(=O)N(C4CCN(C(=O)OC(C)(C)C)CC4)CC5)ncc3cc2F)cnc2c1N(C(=O)OC(C)(C)C)CCO2. The van der Waals surface area contributed by atoms with Crippen LogP contribution in [-0.4, -0.2) is 104 Å². The lowest BCUT2D eigenvalue weighted by Crippen LogP contribution is -2.50. The van der Waals surface area contributed by atoms with Crippen LogP contribution in [0.1, 0.15) is 67.0 Å². The van der Waals surface area contributed by atoms with Gasteiger partial charge in [0.1, 0.15) is 36.0 Å². The first-order chi connectivity index (χ1) is 26.6. The van der Waals surface area contributed by atoms with Gasteiger partial charge in [0, 0.05) is 72.8 Å². The van der Waals surface area contributed by atoms with Crippen molar-refractivity contribution in [2.75, 3.05) is 49.6 Å². The molecule has 15 nitrogen and oxygen atoms in total. The smallest absolute Gasteiger partial charge is 0.415 e. The topological polar surface area (TPSA) is 153 Å². The molecule has 0 aliphatic carbocycles. The highest BCUT2D eigenvalue weighted by Gasteiger charge is 2.35. The Bertz CT molecular complexity index is 2150. The Morgan fingerprint density at radius 3 is 2.34 bits per heavy atom. The Labute approximate surface area is 325 Å². The number of nitrogens with zero attached hydrogens (tertiary/aromatic N) is 7. The van der Waals surface area contributed by atoms with Gasteiger partial charge in [-0.2, -0.15) is 5.10 Å². The maximum absolute atomic E-state index is 15.9. The number of hydrogen-bond donors (Lipinski definition) is 1. The van der Waals surface area contributed by atoms with Crippen LogP contribution in [0.2, 0.25) is 0 Å². The van der Waals surface area contributed by atoms with E-state index in [2.05, 4.69) is 15.3 Å². The zero-order valence-corrected chi connectivity index (χ0v) is 33.0. The molecule has 1 fully saturated rings. The summed E-state index contributed by atoms with van der Waals surface area (Å²) in [6.07, 6.45) is 4.15. The molecule has 1 saturated heterocycles. The number of likely N-dealkylation sites (tertiary alicyclic amines) is 1. The number of fused-ring (bicyclic) bond motifs is 3. The highest BCUT2D eigenvalue weighted by molar-refractivity contribution is 5.97. The predicted molar refractivity (Wildman–Crippen MR) is 207 cm³/mol. The maximum atomic E-state index is 15.9. The fraction of sp³-hybridized carbons (Fsp3) is 0.500. The van der Waals surface area contributed by atoms with Crippen LogP contribution in [0, 0.1) is 5.82 Å². The second kappa shape index (κ2) is 15.1. The summed E-state index contributed by atoms with van der Waals surface area (Å²) >= 11 is 0. The molecule has 0 bridgehead atoms. The van der Waals surface area contributed by atoms with Gasteiger partial charge in [-0.25, -0.2) is 23.9 Å². The lowest BCUT2D eigenvalue weighted by Gasteiger charge is -2.38. The zero-order valence-electron chi connectivity index (χ0n) is 33.0. The number of amides is 3. The summed E-state index contributed by atoms with van der Waals surface area (Å²) in [5.74, 6) is 0.920. The van der Waals surface area contributed by atoms with E-state index in [0.29, 0.717) is 66.9 Å². The number of carbonyl (C=O) groups is 3. The minimum absolute atomic E-state index is 0.0172. The Balaban J connectivity index is 1.08. The minimum Gasteiger partial charge on any atom is -0.491 e. The third-order valence-corrected chi connectivity index (χ3v) is 9.69. The zero-order chi connectivity index (χ0) is 39.9. The average Bonchev–Trinajstić information content (AvgIpc) is 3.42. The lowest BCUT2D eigenvalue weighted by molar-refractivity contribution is -0.134. The van der Waals surface area contributed by atoms with E-state index in [4.69, 9.17) is 24.0 Å². The first-order valence-electron chi connectivity index (χ1n) is 19.1. The van der Waals surface area contributed by atoms with E-state index < -0.39 is 23.1 Å². The van der Waals surface area contributed by atoms with Crippen molar-refractivity contribution in [1.82, 2.24) is 29.5 Å². The fourth-order valence-corrected chi connectivity index (χ4v) is 7.22. The maximum Gasteiger partial charge on any atom is 0.415 e. The number of aromatic nitrogens is 4. The van der Waals surface area contributed by atoms with Crippen molar-refractivity contribution in [3.8, 4) is 22.8 Å². The Morgan fingerprint density at radius 1 is 0.893 bits per heavy atom. The van der Waals surface area contributed by atoms with Gasteiger partial charge < -0.3 is 34.1 Å². The van der Waals surface area contributed by atoms with Crippen molar-refractivity contribution >= 4 is 46.2 Å². The number of hydrogen-bond acceptors (Lipinski definition) is 11. The quantitative estimate of drug-likeness (QED) is 0.223. The van der Waals surface area contributed by atoms with Crippen molar-refractivity contribution in [2.45, 2.75) is 91.5 Å². The molecule has 0 atom stereocenters. The van der Waals surface area contributed by atoms with E-state index in [1.54, 1.807) is 55.6 Å². The molecule has 0 spiro atoms. The summed E-state index contributed by atoms with van der Waals surface area (Å²) in [6.45, 7) is 15.1. The monoisotopic (exact) mass is 772 g/mol. The van der Waals surface area contributed by atoms with E-state index >= 15 is 4.39 Å². The van der Waals surface area contributed by atoms with Crippen LogP contribution in [0.3, 0.4) is 0 Å². The molecule has 3 aliphatic heterocycles. The standard InChI is InChI=1S/C40H49FN8O7/c1-8-53-35-29(22-43-36-34(35)48(15-16-54-36)38(52)56-40(5,6)7)28-17-24-19-31(42-21-25(24)18-30(28)41)44-32-20-27-11-14-47(33(50)23-49(27)45-32)26-9-12-46(13-10-26)37(51)55-39(2,3)4/h17-22,26H,8-16,23H2,1-7H3,(H,42,44,45). The highest BCUT2D eigenvalue weighted by Crippen LogP contribution is 2.46. The van der Waals surface area contributed by atoms with Gasteiger partial charge in [0.25, 0.3) is 0 Å². The van der Waals surface area contributed by atoms with E-state index in [1.807, 2.05) is 31.7 Å². The normalized spacial score (nSPS) is 16.5. The van der Waals surface area contributed by atoms with Gasteiger partial charge >= 0.3 is 12.2 Å². The largest absolute Gasteiger partial charge is 0.491 e. The van der Waals surface area contributed by atoms with Crippen LogP contribution in [0.5, 0.6) is 11.6 Å². The van der Waals surface area contributed by atoms with Gasteiger partial charge in [-0.3, -0.25) is 14.4 Å². The van der Waals surface area contributed by atoms with Crippen molar-refractivity contribution in [3.63, 3.8) is 0 Å². The number of nitrogens with one attached hydrogen (secondary N) is 1. The third kappa shape index (κ3) is 8.28. The van der Waals surface area contributed by atoms with Crippen molar-refractivity contribution in [3.05, 3.63) is 48.2 Å². The molecule has 1 aromatic carbocycles. The van der Waals surface area contributed by atoms with E-state index in [1.165, 1.54) is 17.2 Å². The molecule has 4 aromatic rings. The fourth-order valence-electron chi connectivity index (χ4n) is 7.22. The average molecular weight is 773 g/mol. The van der Waals surface area contributed by atoms with Gasteiger partial charge in [0.15, 0.2) is 17.3 Å². The second-order valence-corrected chi connectivity index (χ2v) is 16.2. The molecule has 16 heteroatoms. The van der Waals surface area contributed by atoms with Crippen LogP contribution in [-0.2, 0) is 27.2 Å². The molecule has 6 heterocycles. The predicted octanol–water partition coefficient (Wildman–Crippen LogP) is 6.69. The summed E-state index contributed by atoms with van der Waals surface area (Å²) in [7, 11) is 0. The molecular formula is C40H49FN8O7. The number of anilines is 3. The summed E-state index contributed by atoms with van der Waals surface area (Å²) in [5, 5.41) is 9.20. The molecule has 3 aliphatic rings. The molecule has 0 unspecified atom stereocenters. The number of halogens is 1. The van der Waals surface area contributed by atoms with E-state index in [0.717, 1.165) is 5.69 Å². The van der Waals surface area contributed by atoms with E-state index in [9.17, 15) is 14.4 Å². The Kier molecular flexibility index (Phi) is 10.4. The van der Waals surface area contributed by atoms with Crippen LogP contribution in [0.4, 0.5) is 31.3 Å². The minimum atomic E-state index is -0.741. The lowest BCUT2D eigenvalue weighted by atomic mass is 10.0. The molecule has 1 N–H and O–H groups in total. The van der Waals surface area contributed by atoms with Gasteiger partial charge in [-0.15, -0.1) is 0 Å². The van der Waals surface area contributed by atoms with Gasteiger partial charge in [0.2, 0.25) is 11.8 Å². The Morgan fingerprint density at radius 2 is 1.62 bits per heavy atom.